The predicted octanol–water partition coefficient (Wildman–Crippen LogP) is 3.60. The number of nitro groups is 1. The van der Waals surface area contributed by atoms with Gasteiger partial charge >= 0.3 is 0 Å². The van der Waals surface area contributed by atoms with Crippen LogP contribution in [-0.2, 0) is 11.2 Å². The molecular weight excluding hydrogens is 430 g/mol. The van der Waals surface area contributed by atoms with Crippen LogP contribution in [0.15, 0.2) is 34.8 Å². The van der Waals surface area contributed by atoms with Crippen LogP contribution >= 0.6 is 15.9 Å². The summed E-state index contributed by atoms with van der Waals surface area (Å²) in [6.45, 7) is 2.34. The molecule has 1 amide bonds. The first-order valence-corrected chi connectivity index (χ1v) is 9.30. The number of benzene rings is 2. The fourth-order valence-corrected chi connectivity index (χ4v) is 3.54. The first kappa shape index (κ1) is 19.6. The Bertz CT molecular complexity index is 986. The molecule has 0 saturated heterocycles. The maximum Gasteiger partial charge on any atom is 0.271 e. The second-order valence-corrected chi connectivity index (χ2v) is 6.84. The minimum atomic E-state index is -0.486. The molecule has 0 aliphatic carbocycles. The Hall–Kier alpha value is -3.12. The van der Waals surface area contributed by atoms with Gasteiger partial charge in [-0.05, 0) is 40.9 Å². The molecule has 2 aromatic rings. The molecule has 8 nitrogen and oxygen atoms in total. The average molecular weight is 446 g/mol. The SMILES string of the molecule is CCOc1cc(C#N)cc(Br)c1OCC(=O)N1CCc2ccc([N+](=O)[O-])cc21. The third kappa shape index (κ3) is 3.92. The van der Waals surface area contributed by atoms with E-state index in [4.69, 9.17) is 14.7 Å². The van der Waals surface area contributed by atoms with E-state index in [0.29, 0.717) is 46.8 Å². The lowest BCUT2D eigenvalue weighted by Gasteiger charge is -2.19. The van der Waals surface area contributed by atoms with E-state index in [1.54, 1.807) is 25.1 Å². The number of carbonyl (C=O) groups excluding carboxylic acids is 1. The highest BCUT2D eigenvalue weighted by molar-refractivity contribution is 9.10. The summed E-state index contributed by atoms with van der Waals surface area (Å²) in [4.78, 5) is 24.7. The van der Waals surface area contributed by atoms with Gasteiger partial charge in [-0.15, -0.1) is 0 Å². The number of anilines is 1. The summed E-state index contributed by atoms with van der Waals surface area (Å²) in [5.74, 6) is 0.365. The molecule has 1 aliphatic heterocycles. The van der Waals surface area contributed by atoms with E-state index < -0.39 is 4.92 Å². The highest BCUT2D eigenvalue weighted by atomic mass is 79.9. The number of halogens is 1. The van der Waals surface area contributed by atoms with Crippen molar-refractivity contribution < 1.29 is 19.2 Å². The molecule has 0 bridgehead atoms. The molecule has 0 fully saturated rings. The van der Waals surface area contributed by atoms with E-state index in [-0.39, 0.29) is 18.2 Å². The van der Waals surface area contributed by atoms with Crippen molar-refractivity contribution >= 4 is 33.2 Å². The van der Waals surface area contributed by atoms with Gasteiger partial charge in [-0.25, -0.2) is 0 Å². The molecule has 0 unspecified atom stereocenters. The zero-order valence-corrected chi connectivity index (χ0v) is 16.6. The minimum absolute atomic E-state index is 0.0622. The van der Waals surface area contributed by atoms with Crippen molar-refractivity contribution in [2.75, 3.05) is 24.7 Å². The van der Waals surface area contributed by atoms with E-state index in [2.05, 4.69) is 15.9 Å². The highest BCUT2D eigenvalue weighted by Crippen LogP contribution is 2.37. The molecule has 0 N–H and O–H groups in total. The van der Waals surface area contributed by atoms with Crippen molar-refractivity contribution in [1.82, 2.24) is 0 Å². The average Bonchev–Trinajstić information content (AvgIpc) is 3.10. The number of non-ortho nitro benzene ring substituents is 1. The van der Waals surface area contributed by atoms with Gasteiger partial charge in [0.25, 0.3) is 11.6 Å². The first-order valence-electron chi connectivity index (χ1n) is 8.51. The molecular formula is C19H16BrN3O5. The lowest BCUT2D eigenvalue weighted by molar-refractivity contribution is -0.384. The van der Waals surface area contributed by atoms with E-state index in [1.807, 2.05) is 6.07 Å². The number of hydrogen-bond acceptors (Lipinski definition) is 6. The fraction of sp³-hybridized carbons (Fsp3) is 0.263. The monoisotopic (exact) mass is 445 g/mol. The molecule has 0 spiro atoms. The van der Waals surface area contributed by atoms with Crippen LogP contribution in [0.5, 0.6) is 11.5 Å². The first-order chi connectivity index (χ1) is 13.4. The second-order valence-electron chi connectivity index (χ2n) is 5.98. The van der Waals surface area contributed by atoms with Crippen LogP contribution in [0, 0.1) is 21.4 Å². The van der Waals surface area contributed by atoms with E-state index in [0.717, 1.165) is 5.56 Å². The van der Waals surface area contributed by atoms with Crippen molar-refractivity contribution in [3.05, 3.63) is 56.0 Å². The number of nitro benzene ring substituents is 1. The Morgan fingerprint density at radius 1 is 1.36 bits per heavy atom. The van der Waals surface area contributed by atoms with Gasteiger partial charge in [0.05, 0.1) is 33.3 Å². The van der Waals surface area contributed by atoms with Gasteiger partial charge in [0.1, 0.15) is 0 Å². The smallest absolute Gasteiger partial charge is 0.271 e. The molecule has 2 aromatic carbocycles. The third-order valence-corrected chi connectivity index (χ3v) is 4.84. The Morgan fingerprint density at radius 2 is 2.14 bits per heavy atom. The number of hydrogen-bond donors (Lipinski definition) is 0. The third-order valence-electron chi connectivity index (χ3n) is 4.25. The van der Waals surface area contributed by atoms with Crippen LogP contribution in [0.4, 0.5) is 11.4 Å². The molecule has 0 aromatic heterocycles. The highest BCUT2D eigenvalue weighted by Gasteiger charge is 2.27. The fourth-order valence-electron chi connectivity index (χ4n) is 2.99. The number of nitriles is 1. The van der Waals surface area contributed by atoms with E-state index in [1.165, 1.54) is 17.0 Å². The Balaban J connectivity index is 1.79. The van der Waals surface area contributed by atoms with Crippen molar-refractivity contribution in [1.29, 1.82) is 5.26 Å². The minimum Gasteiger partial charge on any atom is -0.490 e. The molecule has 144 valence electrons. The molecule has 28 heavy (non-hydrogen) atoms. The summed E-state index contributed by atoms with van der Waals surface area (Å²) in [6.07, 6.45) is 0.629. The van der Waals surface area contributed by atoms with E-state index in [9.17, 15) is 14.9 Å². The summed E-state index contributed by atoms with van der Waals surface area (Å²) >= 11 is 3.34. The number of fused-ring (bicyclic) bond motifs is 1. The molecule has 1 heterocycles. The Kier molecular flexibility index (Phi) is 5.80. The second kappa shape index (κ2) is 8.27. The lowest BCUT2D eigenvalue weighted by Crippen LogP contribution is -2.33. The molecule has 0 radical (unpaired) electrons. The summed E-state index contributed by atoms with van der Waals surface area (Å²) < 4.78 is 11.7. The van der Waals surface area contributed by atoms with Crippen LogP contribution < -0.4 is 14.4 Å². The number of ether oxygens (including phenoxy) is 2. The summed E-state index contributed by atoms with van der Waals surface area (Å²) in [5, 5.41) is 20.1. The van der Waals surface area contributed by atoms with Gasteiger partial charge in [0, 0.05) is 24.7 Å². The largest absolute Gasteiger partial charge is 0.490 e. The van der Waals surface area contributed by atoms with Gasteiger partial charge in [0.15, 0.2) is 18.1 Å². The van der Waals surface area contributed by atoms with Gasteiger partial charge in [-0.1, -0.05) is 6.07 Å². The van der Waals surface area contributed by atoms with Crippen LogP contribution in [-0.4, -0.2) is 30.6 Å². The normalized spacial score (nSPS) is 12.2. The zero-order chi connectivity index (χ0) is 20.3. The maximum atomic E-state index is 12.7. The Labute approximate surface area is 169 Å². The number of rotatable bonds is 6. The van der Waals surface area contributed by atoms with Gasteiger partial charge in [-0.3, -0.25) is 14.9 Å². The number of carbonyl (C=O) groups is 1. The van der Waals surface area contributed by atoms with Crippen LogP contribution in [0.1, 0.15) is 18.1 Å². The predicted molar refractivity (Wildman–Crippen MR) is 105 cm³/mol. The van der Waals surface area contributed by atoms with Crippen molar-refractivity contribution in [2.45, 2.75) is 13.3 Å². The van der Waals surface area contributed by atoms with Gasteiger partial charge in [-0.2, -0.15) is 5.26 Å². The molecule has 0 saturated carbocycles. The summed E-state index contributed by atoms with van der Waals surface area (Å²) in [5.41, 5.74) is 1.75. The molecule has 3 rings (SSSR count). The maximum absolute atomic E-state index is 12.7. The summed E-state index contributed by atoms with van der Waals surface area (Å²) in [6, 6.07) is 9.67. The van der Waals surface area contributed by atoms with Crippen molar-refractivity contribution in [2.24, 2.45) is 0 Å². The zero-order valence-electron chi connectivity index (χ0n) is 15.0. The number of amides is 1. The molecule has 1 aliphatic rings. The molecule has 0 atom stereocenters. The van der Waals surface area contributed by atoms with Gasteiger partial charge in [0.2, 0.25) is 0 Å². The quantitative estimate of drug-likeness (QED) is 0.496. The Morgan fingerprint density at radius 3 is 2.82 bits per heavy atom. The van der Waals surface area contributed by atoms with Crippen LogP contribution in [0.3, 0.4) is 0 Å². The summed E-state index contributed by atoms with van der Waals surface area (Å²) in [7, 11) is 0. The standard InChI is InChI=1S/C19H16BrN3O5/c1-2-27-17-8-12(10-21)7-15(20)19(17)28-11-18(24)22-6-5-13-3-4-14(23(25)26)9-16(13)22/h3-4,7-9H,2,5-6,11H2,1H3. The van der Waals surface area contributed by atoms with Gasteiger partial charge < -0.3 is 14.4 Å². The van der Waals surface area contributed by atoms with Crippen LogP contribution in [0.2, 0.25) is 0 Å². The number of nitrogens with zero attached hydrogens (tertiary/aromatic N) is 3. The van der Waals surface area contributed by atoms with E-state index >= 15 is 0 Å². The van der Waals surface area contributed by atoms with Crippen molar-refractivity contribution in [3.8, 4) is 17.6 Å². The van der Waals surface area contributed by atoms with Crippen LogP contribution in [0.25, 0.3) is 0 Å². The lowest BCUT2D eigenvalue weighted by atomic mass is 10.1. The van der Waals surface area contributed by atoms with Crippen molar-refractivity contribution in [3.63, 3.8) is 0 Å². The molecule has 9 heteroatoms. The topological polar surface area (TPSA) is 106 Å².